The molecule has 51 heavy (non-hydrogen) atoms. The average molecular weight is 724 g/mol. The molecule has 6 rings (SSSR count). The lowest BCUT2D eigenvalue weighted by molar-refractivity contribution is -0.136. The van der Waals surface area contributed by atoms with Crippen molar-refractivity contribution in [1.82, 2.24) is 19.2 Å². The lowest BCUT2D eigenvalue weighted by Gasteiger charge is -2.36. The van der Waals surface area contributed by atoms with E-state index in [1.54, 1.807) is 35.2 Å². The van der Waals surface area contributed by atoms with Gasteiger partial charge in [-0.1, -0.05) is 31.4 Å². The number of esters is 1. The third-order valence-electron chi connectivity index (χ3n) is 10.3. The predicted molar refractivity (Wildman–Crippen MR) is 193 cm³/mol. The first kappa shape index (κ1) is 36.6. The molecule has 3 heterocycles. The highest BCUT2D eigenvalue weighted by atomic mass is 32.2. The van der Waals surface area contributed by atoms with E-state index in [0.29, 0.717) is 44.2 Å². The summed E-state index contributed by atoms with van der Waals surface area (Å²) in [5.41, 5.74) is 3.57. The largest absolute Gasteiger partial charge is 0.508 e. The molecule has 2 aromatic rings. The van der Waals surface area contributed by atoms with Crippen molar-refractivity contribution in [3.63, 3.8) is 0 Å². The van der Waals surface area contributed by atoms with Gasteiger partial charge in [0.25, 0.3) is 5.91 Å². The number of amides is 2. The van der Waals surface area contributed by atoms with E-state index in [-0.39, 0.29) is 42.5 Å². The van der Waals surface area contributed by atoms with Crippen LogP contribution < -0.4 is 14.3 Å². The van der Waals surface area contributed by atoms with Gasteiger partial charge in [0.05, 0.1) is 25.3 Å². The summed E-state index contributed by atoms with van der Waals surface area (Å²) in [4.78, 5) is 44.6. The first-order chi connectivity index (χ1) is 24.2. The Morgan fingerprint density at radius 1 is 0.961 bits per heavy atom. The Kier molecular flexibility index (Phi) is 10.7. The van der Waals surface area contributed by atoms with Crippen molar-refractivity contribution in [2.45, 2.75) is 70.4 Å². The second-order valence-electron chi connectivity index (χ2n) is 14.9. The summed E-state index contributed by atoms with van der Waals surface area (Å²) in [5, 5.41) is 10.4. The van der Waals surface area contributed by atoms with E-state index in [0.717, 1.165) is 48.1 Å². The Hall–Kier alpha value is -4.14. The number of carbonyl (C=O) groups excluding carboxylic acids is 3. The number of benzene rings is 2. The van der Waals surface area contributed by atoms with E-state index in [1.807, 2.05) is 37.8 Å². The zero-order chi connectivity index (χ0) is 36.5. The van der Waals surface area contributed by atoms with Gasteiger partial charge in [-0.15, -0.1) is 0 Å². The van der Waals surface area contributed by atoms with Crippen LogP contribution in [0, 0.1) is 5.92 Å². The number of methoxy groups -OCH3 is 1. The standard InChI is InChI=1S/C37H49N5O8S/c1-37(2,3)50-36(46)41-18-16-40(17-19-41)15-14-38-51(47,48)39-34(44)25-10-12-30-31(22-25)42-23-27(35(45)49-4)20-26-21-28(43)11-13-29(26)33(42)32(30)24-8-6-5-7-9-24/h10-13,20-22,24,32-33,38,43H,5-9,14-19,23H2,1-4H3,(H,39,44). The Morgan fingerprint density at radius 2 is 1.67 bits per heavy atom. The number of nitrogens with zero attached hydrogens (tertiary/aromatic N) is 3. The molecule has 4 aliphatic rings. The first-order valence-corrected chi connectivity index (χ1v) is 19.3. The number of ether oxygens (including phenoxy) is 2. The van der Waals surface area contributed by atoms with Gasteiger partial charge in [-0.3, -0.25) is 9.69 Å². The second-order valence-corrected chi connectivity index (χ2v) is 16.4. The molecule has 0 radical (unpaired) electrons. The molecular weight excluding hydrogens is 675 g/mol. The summed E-state index contributed by atoms with van der Waals surface area (Å²) in [5.74, 6) is -0.704. The molecule has 14 heteroatoms. The van der Waals surface area contributed by atoms with Gasteiger partial charge in [-0.25, -0.2) is 14.3 Å². The minimum atomic E-state index is -4.18. The highest BCUT2D eigenvalue weighted by Gasteiger charge is 2.46. The number of piperazine rings is 1. The molecule has 3 aliphatic heterocycles. The number of aromatic hydroxyl groups is 1. The van der Waals surface area contributed by atoms with Crippen LogP contribution in [0.5, 0.6) is 5.75 Å². The third kappa shape index (κ3) is 8.34. The SMILES string of the molecule is COC(=O)C1=Cc2cc(O)ccc2C2C(C3CCCCC3)c3ccc(C(=O)NS(=O)(=O)NCCN4CCN(C(=O)OC(C)(C)C)CC4)cc3N2C1. The quantitative estimate of drug-likeness (QED) is 0.336. The number of hydrogen-bond donors (Lipinski definition) is 3. The molecule has 1 saturated carbocycles. The van der Waals surface area contributed by atoms with E-state index in [4.69, 9.17) is 9.47 Å². The molecular formula is C37H49N5O8S. The molecule has 3 N–H and O–H groups in total. The molecule has 2 amide bonds. The maximum Gasteiger partial charge on any atom is 0.410 e. The van der Waals surface area contributed by atoms with Gasteiger partial charge in [-0.2, -0.15) is 13.1 Å². The fraction of sp³-hybridized carbons (Fsp3) is 0.541. The van der Waals surface area contributed by atoms with Crippen molar-refractivity contribution >= 4 is 39.9 Å². The van der Waals surface area contributed by atoms with E-state index < -0.39 is 27.7 Å². The van der Waals surface area contributed by atoms with Crippen LogP contribution in [0.15, 0.2) is 42.0 Å². The maximum absolute atomic E-state index is 13.5. The molecule has 1 saturated heterocycles. The number of fused-ring (bicyclic) bond motifs is 5. The van der Waals surface area contributed by atoms with Crippen molar-refractivity contribution in [3.8, 4) is 5.75 Å². The average Bonchev–Trinajstić information content (AvgIpc) is 3.30. The third-order valence-corrected chi connectivity index (χ3v) is 11.3. The minimum absolute atomic E-state index is 0.0718. The van der Waals surface area contributed by atoms with E-state index in [9.17, 15) is 27.9 Å². The lowest BCUT2D eigenvalue weighted by atomic mass is 9.73. The zero-order valence-electron chi connectivity index (χ0n) is 29.8. The van der Waals surface area contributed by atoms with Crippen molar-refractivity contribution in [2.24, 2.45) is 5.92 Å². The number of anilines is 1. The molecule has 0 bridgehead atoms. The molecule has 2 fully saturated rings. The van der Waals surface area contributed by atoms with E-state index in [2.05, 4.69) is 14.3 Å². The topological polar surface area (TPSA) is 158 Å². The van der Waals surface area contributed by atoms with E-state index >= 15 is 0 Å². The first-order valence-electron chi connectivity index (χ1n) is 17.8. The van der Waals surface area contributed by atoms with Crippen molar-refractivity contribution in [1.29, 1.82) is 0 Å². The van der Waals surface area contributed by atoms with Gasteiger partial charge < -0.3 is 24.4 Å². The molecule has 2 atom stereocenters. The van der Waals surface area contributed by atoms with Crippen molar-refractivity contribution in [3.05, 3.63) is 64.2 Å². The Morgan fingerprint density at radius 3 is 2.35 bits per heavy atom. The van der Waals surface area contributed by atoms with Gasteiger partial charge >= 0.3 is 22.3 Å². The zero-order valence-corrected chi connectivity index (χ0v) is 30.6. The molecule has 1 aliphatic carbocycles. The van der Waals surface area contributed by atoms with Gasteiger partial charge in [0.1, 0.15) is 11.4 Å². The number of nitrogens with one attached hydrogen (secondary N) is 2. The number of hydrogen-bond acceptors (Lipinski definition) is 10. The summed E-state index contributed by atoms with van der Waals surface area (Å²) in [6.07, 6.45) is 6.98. The fourth-order valence-electron chi connectivity index (χ4n) is 7.94. The lowest BCUT2D eigenvalue weighted by Crippen LogP contribution is -2.51. The molecule has 0 aromatic heterocycles. The van der Waals surface area contributed by atoms with Gasteiger partial charge in [0.2, 0.25) is 0 Å². The van der Waals surface area contributed by atoms with Crippen LogP contribution >= 0.6 is 0 Å². The molecule has 276 valence electrons. The number of carbonyl (C=O) groups is 3. The predicted octanol–water partition coefficient (Wildman–Crippen LogP) is 4.30. The van der Waals surface area contributed by atoms with Crippen LogP contribution in [-0.4, -0.2) is 99.8 Å². The minimum Gasteiger partial charge on any atom is -0.508 e. The molecule has 2 aromatic carbocycles. The van der Waals surface area contributed by atoms with Crippen LogP contribution in [0.25, 0.3) is 6.08 Å². The van der Waals surface area contributed by atoms with Gasteiger partial charge in [-0.05, 0) is 86.6 Å². The summed E-state index contributed by atoms with van der Waals surface area (Å²) in [7, 11) is -2.85. The fourth-order valence-corrected chi connectivity index (χ4v) is 8.74. The Balaban J connectivity index is 1.17. The molecule has 2 unspecified atom stereocenters. The summed E-state index contributed by atoms with van der Waals surface area (Å²) in [6.45, 7) is 8.26. The van der Waals surface area contributed by atoms with Crippen LogP contribution in [-0.2, 0) is 24.5 Å². The summed E-state index contributed by atoms with van der Waals surface area (Å²) in [6, 6.07) is 10.4. The highest BCUT2D eigenvalue weighted by Crippen LogP contribution is 2.57. The normalized spacial score (nSPS) is 21.1. The van der Waals surface area contributed by atoms with Gasteiger partial charge in [0.15, 0.2) is 0 Å². The number of rotatable bonds is 8. The number of phenols is 1. The second kappa shape index (κ2) is 14.8. The van der Waals surface area contributed by atoms with E-state index in [1.165, 1.54) is 13.5 Å². The van der Waals surface area contributed by atoms with Gasteiger partial charge in [0, 0.05) is 56.4 Å². The van der Waals surface area contributed by atoms with Crippen LogP contribution in [0.4, 0.5) is 10.5 Å². The monoisotopic (exact) mass is 723 g/mol. The summed E-state index contributed by atoms with van der Waals surface area (Å²) >= 11 is 0. The summed E-state index contributed by atoms with van der Waals surface area (Å²) < 4.78 is 41.2. The maximum atomic E-state index is 13.5. The Labute approximate surface area is 300 Å². The van der Waals surface area contributed by atoms with Crippen LogP contribution in [0.1, 0.15) is 91.9 Å². The van der Waals surface area contributed by atoms with Crippen molar-refractivity contribution < 1.29 is 37.4 Å². The molecule has 0 spiro atoms. The van der Waals surface area contributed by atoms with Crippen molar-refractivity contribution in [2.75, 3.05) is 57.8 Å². The Bertz CT molecular complexity index is 1790. The van der Waals surface area contributed by atoms with Crippen LogP contribution in [0.3, 0.4) is 0 Å². The number of phenolic OH excluding ortho intramolecular Hbond substituents is 1. The van der Waals surface area contributed by atoms with Crippen LogP contribution in [0.2, 0.25) is 0 Å². The highest BCUT2D eigenvalue weighted by molar-refractivity contribution is 7.88. The molecule has 13 nitrogen and oxygen atoms in total. The smallest absolute Gasteiger partial charge is 0.410 e.